The maximum atomic E-state index is 10.8. The van der Waals surface area contributed by atoms with Gasteiger partial charge in [-0.2, -0.15) is 0 Å². The lowest BCUT2D eigenvalue weighted by Gasteiger charge is -2.15. The zero-order valence-electron chi connectivity index (χ0n) is 8.49. The molecule has 0 radical (unpaired) electrons. The Morgan fingerprint density at radius 3 is 2.23 bits per heavy atom. The number of sulfonamides is 1. The molecule has 0 aromatic carbocycles. The summed E-state index contributed by atoms with van der Waals surface area (Å²) in [6.07, 6.45) is 0.901. The minimum Gasteiger partial charge on any atom is -0.378 e. The lowest BCUT2D eigenvalue weighted by molar-refractivity contribution is 0.0551. The van der Waals surface area contributed by atoms with Gasteiger partial charge in [0.2, 0.25) is 10.0 Å². The minimum absolute atomic E-state index is 0.0101. The number of primary sulfonamides is 1. The third kappa shape index (κ3) is 8.21. The van der Waals surface area contributed by atoms with Crippen molar-refractivity contribution in [3.05, 3.63) is 0 Å². The van der Waals surface area contributed by atoms with Crippen LogP contribution in [0.4, 0.5) is 0 Å². The van der Waals surface area contributed by atoms with E-state index < -0.39 is 10.0 Å². The summed E-state index contributed by atoms with van der Waals surface area (Å²) >= 11 is 0. The highest BCUT2D eigenvalue weighted by Gasteiger charge is 2.14. The highest BCUT2D eigenvalue weighted by molar-refractivity contribution is 7.89. The number of rotatable bonds is 6. The van der Waals surface area contributed by atoms with Crippen molar-refractivity contribution in [3.63, 3.8) is 0 Å². The highest BCUT2D eigenvalue weighted by atomic mass is 32.2. The third-order valence-electron chi connectivity index (χ3n) is 1.71. The van der Waals surface area contributed by atoms with Crippen LogP contribution in [0.3, 0.4) is 0 Å². The zero-order chi connectivity index (χ0) is 10.5. The van der Waals surface area contributed by atoms with Crippen molar-refractivity contribution >= 4 is 10.0 Å². The first-order valence-electron chi connectivity index (χ1n) is 4.47. The van der Waals surface area contributed by atoms with Gasteiger partial charge >= 0.3 is 0 Å². The topological polar surface area (TPSA) is 69.4 Å². The van der Waals surface area contributed by atoms with Gasteiger partial charge < -0.3 is 4.74 Å². The van der Waals surface area contributed by atoms with Crippen LogP contribution in [0.15, 0.2) is 0 Å². The lowest BCUT2D eigenvalue weighted by atomic mass is 10.1. The second kappa shape index (κ2) is 5.57. The molecule has 0 amide bonds. The van der Waals surface area contributed by atoms with Crippen LogP contribution in [0, 0.1) is 5.92 Å². The number of hydrogen-bond donors (Lipinski definition) is 1. The summed E-state index contributed by atoms with van der Waals surface area (Å²) in [6.45, 7) is 6.23. The summed E-state index contributed by atoms with van der Waals surface area (Å²) < 4.78 is 26.9. The standard InChI is InChI=1S/C8H19NO3S/c1-4-8(5-12-7(2)3)6-13(9,10)11/h7-8H,4-6H2,1-3H3,(H2,9,10,11). The van der Waals surface area contributed by atoms with Crippen LogP contribution < -0.4 is 5.14 Å². The van der Waals surface area contributed by atoms with E-state index >= 15 is 0 Å². The van der Waals surface area contributed by atoms with E-state index in [1.807, 2.05) is 20.8 Å². The van der Waals surface area contributed by atoms with E-state index in [0.29, 0.717) is 6.61 Å². The SMILES string of the molecule is CCC(COC(C)C)CS(N)(=O)=O. The predicted octanol–water partition coefficient (Wildman–Crippen LogP) is 0.726. The van der Waals surface area contributed by atoms with Crippen LogP contribution in [0.25, 0.3) is 0 Å². The fourth-order valence-electron chi connectivity index (χ4n) is 0.941. The normalized spacial score (nSPS) is 14.8. The first-order valence-corrected chi connectivity index (χ1v) is 6.18. The molecule has 1 unspecified atom stereocenters. The second-order valence-electron chi connectivity index (χ2n) is 3.49. The number of hydrogen-bond acceptors (Lipinski definition) is 3. The van der Waals surface area contributed by atoms with Crippen LogP contribution in [0.5, 0.6) is 0 Å². The van der Waals surface area contributed by atoms with Crippen LogP contribution in [0.2, 0.25) is 0 Å². The van der Waals surface area contributed by atoms with Gasteiger partial charge in [0, 0.05) is 0 Å². The Bertz CT molecular complexity index is 224. The second-order valence-corrected chi connectivity index (χ2v) is 5.14. The van der Waals surface area contributed by atoms with Crippen molar-refractivity contribution in [2.24, 2.45) is 11.1 Å². The van der Waals surface area contributed by atoms with E-state index in [0.717, 1.165) is 6.42 Å². The molecule has 2 N–H and O–H groups in total. The molecule has 5 heteroatoms. The molecule has 0 aromatic heterocycles. The molecule has 0 spiro atoms. The van der Waals surface area contributed by atoms with E-state index in [1.54, 1.807) is 0 Å². The molecule has 0 heterocycles. The number of nitrogens with two attached hydrogens (primary N) is 1. The van der Waals surface area contributed by atoms with Crippen LogP contribution in [-0.4, -0.2) is 26.9 Å². The molecule has 0 aromatic rings. The molecule has 0 rings (SSSR count). The smallest absolute Gasteiger partial charge is 0.209 e. The Morgan fingerprint density at radius 2 is 1.92 bits per heavy atom. The van der Waals surface area contributed by atoms with Crippen LogP contribution in [-0.2, 0) is 14.8 Å². The maximum absolute atomic E-state index is 10.8. The summed E-state index contributed by atoms with van der Waals surface area (Å²) in [5.74, 6) is 0.0216. The van der Waals surface area contributed by atoms with Crippen molar-refractivity contribution in [2.45, 2.75) is 33.3 Å². The molecular formula is C8H19NO3S. The van der Waals surface area contributed by atoms with Gasteiger partial charge in [-0.1, -0.05) is 13.3 Å². The highest BCUT2D eigenvalue weighted by Crippen LogP contribution is 2.06. The minimum atomic E-state index is -3.36. The van der Waals surface area contributed by atoms with E-state index in [4.69, 9.17) is 9.88 Å². The van der Waals surface area contributed by atoms with Gasteiger partial charge in [0.25, 0.3) is 0 Å². The maximum Gasteiger partial charge on any atom is 0.209 e. The average molecular weight is 209 g/mol. The summed E-state index contributed by atoms with van der Waals surface area (Å²) in [6, 6.07) is 0. The molecule has 0 saturated carbocycles. The van der Waals surface area contributed by atoms with E-state index in [-0.39, 0.29) is 17.8 Å². The van der Waals surface area contributed by atoms with E-state index in [9.17, 15) is 8.42 Å². The molecule has 0 saturated heterocycles. The Balaban J connectivity index is 3.91. The quantitative estimate of drug-likeness (QED) is 0.701. The van der Waals surface area contributed by atoms with Crippen molar-refractivity contribution in [3.8, 4) is 0 Å². The third-order valence-corrected chi connectivity index (χ3v) is 2.65. The van der Waals surface area contributed by atoms with Gasteiger partial charge in [-0.25, -0.2) is 13.6 Å². The molecule has 0 bridgehead atoms. The Hall–Kier alpha value is -0.130. The molecule has 80 valence electrons. The predicted molar refractivity (Wildman–Crippen MR) is 52.8 cm³/mol. The zero-order valence-corrected chi connectivity index (χ0v) is 9.30. The Kier molecular flexibility index (Phi) is 5.51. The van der Waals surface area contributed by atoms with E-state index in [1.165, 1.54) is 0 Å². The first kappa shape index (κ1) is 12.9. The van der Waals surface area contributed by atoms with E-state index in [2.05, 4.69) is 0 Å². The van der Waals surface area contributed by atoms with Crippen molar-refractivity contribution in [1.29, 1.82) is 0 Å². The Morgan fingerprint density at radius 1 is 1.38 bits per heavy atom. The fraction of sp³-hybridized carbons (Fsp3) is 1.00. The van der Waals surface area contributed by atoms with Crippen molar-refractivity contribution < 1.29 is 13.2 Å². The van der Waals surface area contributed by atoms with Gasteiger partial charge in [-0.3, -0.25) is 0 Å². The fourth-order valence-corrected chi connectivity index (χ4v) is 1.93. The molecule has 13 heavy (non-hydrogen) atoms. The molecular weight excluding hydrogens is 190 g/mol. The van der Waals surface area contributed by atoms with Gasteiger partial charge in [0.15, 0.2) is 0 Å². The molecule has 0 fully saturated rings. The first-order chi connectivity index (χ1) is 5.85. The molecule has 0 aliphatic rings. The summed E-state index contributed by atoms with van der Waals surface area (Å²) in [4.78, 5) is 0. The van der Waals surface area contributed by atoms with Crippen molar-refractivity contribution in [1.82, 2.24) is 0 Å². The number of ether oxygens (including phenoxy) is 1. The summed E-state index contributed by atoms with van der Waals surface area (Å²) in [7, 11) is -3.36. The lowest BCUT2D eigenvalue weighted by Crippen LogP contribution is -2.26. The summed E-state index contributed by atoms with van der Waals surface area (Å²) in [5, 5.41) is 4.93. The summed E-state index contributed by atoms with van der Waals surface area (Å²) in [5.41, 5.74) is 0. The van der Waals surface area contributed by atoms with Crippen LogP contribution >= 0.6 is 0 Å². The molecule has 4 nitrogen and oxygen atoms in total. The molecule has 0 aliphatic carbocycles. The largest absolute Gasteiger partial charge is 0.378 e. The molecule has 1 atom stereocenters. The van der Waals surface area contributed by atoms with Gasteiger partial charge in [0.1, 0.15) is 0 Å². The average Bonchev–Trinajstić information content (AvgIpc) is 1.95. The van der Waals surface area contributed by atoms with Gasteiger partial charge in [-0.15, -0.1) is 0 Å². The Labute approximate surface area is 80.5 Å². The van der Waals surface area contributed by atoms with Gasteiger partial charge in [0.05, 0.1) is 18.5 Å². The van der Waals surface area contributed by atoms with Gasteiger partial charge in [-0.05, 0) is 19.8 Å². The molecule has 0 aliphatic heterocycles. The van der Waals surface area contributed by atoms with Crippen molar-refractivity contribution in [2.75, 3.05) is 12.4 Å². The van der Waals surface area contributed by atoms with Crippen LogP contribution in [0.1, 0.15) is 27.2 Å². The monoisotopic (exact) mass is 209 g/mol.